The van der Waals surface area contributed by atoms with Gasteiger partial charge < -0.3 is 14.8 Å². The van der Waals surface area contributed by atoms with Gasteiger partial charge in [0.15, 0.2) is 0 Å². The van der Waals surface area contributed by atoms with Crippen molar-refractivity contribution in [2.75, 3.05) is 20.8 Å². The molecule has 1 atom stereocenters. The van der Waals surface area contributed by atoms with Crippen molar-refractivity contribution >= 4 is 11.3 Å². The lowest BCUT2D eigenvalue weighted by Gasteiger charge is -2.21. The van der Waals surface area contributed by atoms with Gasteiger partial charge in [-0.3, -0.25) is 0 Å². The molecule has 2 aromatic rings. The minimum Gasteiger partial charge on any atom is -0.497 e. The van der Waals surface area contributed by atoms with E-state index in [1.807, 2.05) is 12.1 Å². The Bertz CT molecular complexity index is 540. The van der Waals surface area contributed by atoms with Crippen molar-refractivity contribution in [3.05, 3.63) is 46.2 Å². The van der Waals surface area contributed by atoms with Crippen LogP contribution >= 0.6 is 11.3 Å². The van der Waals surface area contributed by atoms with Crippen LogP contribution in [-0.4, -0.2) is 20.8 Å². The van der Waals surface area contributed by atoms with E-state index >= 15 is 0 Å². The molecule has 2 rings (SSSR count). The average molecular weight is 305 g/mol. The lowest BCUT2D eigenvalue weighted by molar-refractivity contribution is 0.383. The number of thiophene rings is 1. The van der Waals surface area contributed by atoms with Gasteiger partial charge in [0.05, 0.1) is 14.2 Å². The Morgan fingerprint density at radius 1 is 1.19 bits per heavy atom. The highest BCUT2D eigenvalue weighted by atomic mass is 32.1. The van der Waals surface area contributed by atoms with Crippen molar-refractivity contribution in [1.82, 2.24) is 5.32 Å². The fraction of sp³-hybridized carbons (Fsp3) is 0.412. The van der Waals surface area contributed by atoms with Crippen molar-refractivity contribution < 1.29 is 9.47 Å². The number of hydrogen-bond donors (Lipinski definition) is 1. The Hall–Kier alpha value is -1.52. The number of nitrogens with one attached hydrogen (secondary N) is 1. The van der Waals surface area contributed by atoms with E-state index in [9.17, 15) is 0 Å². The summed E-state index contributed by atoms with van der Waals surface area (Å²) in [7, 11) is 3.38. The molecule has 1 aromatic heterocycles. The maximum absolute atomic E-state index is 5.55. The molecule has 4 heteroatoms. The topological polar surface area (TPSA) is 30.5 Å². The van der Waals surface area contributed by atoms with E-state index in [0.717, 1.165) is 30.9 Å². The molecule has 1 N–H and O–H groups in total. The van der Waals surface area contributed by atoms with Crippen LogP contribution in [0.1, 0.15) is 30.5 Å². The van der Waals surface area contributed by atoms with Gasteiger partial charge in [-0.15, -0.1) is 0 Å². The van der Waals surface area contributed by atoms with E-state index in [-0.39, 0.29) is 6.04 Å². The first-order chi connectivity index (χ1) is 10.3. The smallest absolute Gasteiger partial charge is 0.127 e. The molecular weight excluding hydrogens is 282 g/mol. The minimum atomic E-state index is 0.250. The van der Waals surface area contributed by atoms with E-state index in [0.29, 0.717) is 0 Å². The predicted octanol–water partition coefficient (Wildman–Crippen LogP) is 4.05. The summed E-state index contributed by atoms with van der Waals surface area (Å²) in [5, 5.41) is 7.95. The van der Waals surface area contributed by atoms with Crippen molar-refractivity contribution in [2.24, 2.45) is 0 Å². The maximum Gasteiger partial charge on any atom is 0.127 e. The molecule has 0 bridgehead atoms. The van der Waals surface area contributed by atoms with Crippen molar-refractivity contribution in [2.45, 2.75) is 25.8 Å². The van der Waals surface area contributed by atoms with Gasteiger partial charge in [0.25, 0.3) is 0 Å². The van der Waals surface area contributed by atoms with E-state index in [1.54, 1.807) is 25.6 Å². The molecule has 3 nitrogen and oxygen atoms in total. The van der Waals surface area contributed by atoms with E-state index in [2.05, 4.69) is 35.1 Å². The van der Waals surface area contributed by atoms with Gasteiger partial charge in [0, 0.05) is 17.7 Å². The summed E-state index contributed by atoms with van der Waals surface area (Å²) in [6.07, 6.45) is 2.07. The Balaban J connectivity index is 2.26. The summed E-state index contributed by atoms with van der Waals surface area (Å²) < 4.78 is 10.8. The molecule has 1 unspecified atom stereocenters. The minimum absolute atomic E-state index is 0.250. The van der Waals surface area contributed by atoms with E-state index in [1.165, 1.54) is 11.1 Å². The Morgan fingerprint density at radius 2 is 2.05 bits per heavy atom. The van der Waals surface area contributed by atoms with Gasteiger partial charge in [0.1, 0.15) is 11.5 Å². The van der Waals surface area contributed by atoms with Gasteiger partial charge in [0.2, 0.25) is 0 Å². The molecule has 0 saturated carbocycles. The molecular formula is C17H23NO2S. The zero-order valence-electron chi connectivity index (χ0n) is 12.9. The highest BCUT2D eigenvalue weighted by Crippen LogP contribution is 2.31. The lowest BCUT2D eigenvalue weighted by atomic mass is 9.99. The predicted molar refractivity (Wildman–Crippen MR) is 88.6 cm³/mol. The largest absolute Gasteiger partial charge is 0.497 e. The molecule has 0 radical (unpaired) electrons. The number of hydrogen-bond acceptors (Lipinski definition) is 4. The van der Waals surface area contributed by atoms with Crippen LogP contribution in [0.2, 0.25) is 0 Å². The number of ether oxygens (including phenoxy) is 2. The van der Waals surface area contributed by atoms with Gasteiger partial charge in [-0.1, -0.05) is 13.0 Å². The highest BCUT2D eigenvalue weighted by Gasteiger charge is 2.17. The van der Waals surface area contributed by atoms with Gasteiger partial charge in [-0.05, 0) is 47.8 Å². The van der Waals surface area contributed by atoms with Crippen LogP contribution in [0.25, 0.3) is 0 Å². The average Bonchev–Trinajstić information content (AvgIpc) is 3.03. The molecule has 0 amide bonds. The first kappa shape index (κ1) is 15.9. The molecule has 0 aliphatic rings. The second-order valence-corrected chi connectivity index (χ2v) is 5.73. The monoisotopic (exact) mass is 305 g/mol. The molecule has 21 heavy (non-hydrogen) atoms. The summed E-state index contributed by atoms with van der Waals surface area (Å²) in [4.78, 5) is 0. The normalized spacial score (nSPS) is 12.1. The molecule has 1 aromatic carbocycles. The van der Waals surface area contributed by atoms with Crippen molar-refractivity contribution in [1.29, 1.82) is 0 Å². The third-order valence-corrected chi connectivity index (χ3v) is 4.21. The van der Waals surface area contributed by atoms with Crippen LogP contribution < -0.4 is 14.8 Å². The fourth-order valence-corrected chi connectivity index (χ4v) is 3.04. The Morgan fingerprint density at radius 3 is 2.67 bits per heavy atom. The zero-order chi connectivity index (χ0) is 15.1. The molecule has 114 valence electrons. The number of benzene rings is 1. The van der Waals surface area contributed by atoms with Crippen molar-refractivity contribution in [3.8, 4) is 11.5 Å². The van der Waals surface area contributed by atoms with Gasteiger partial charge in [-0.2, -0.15) is 11.3 Å². The molecule has 0 aliphatic carbocycles. The molecule has 0 fully saturated rings. The molecule has 1 heterocycles. The van der Waals surface area contributed by atoms with Crippen LogP contribution in [0.3, 0.4) is 0 Å². The third kappa shape index (κ3) is 4.22. The summed E-state index contributed by atoms with van der Waals surface area (Å²) in [5.74, 6) is 1.69. The van der Waals surface area contributed by atoms with Gasteiger partial charge in [-0.25, -0.2) is 0 Å². The first-order valence-electron chi connectivity index (χ1n) is 7.24. The third-order valence-electron chi connectivity index (χ3n) is 3.48. The Labute approximate surface area is 130 Å². The highest BCUT2D eigenvalue weighted by molar-refractivity contribution is 7.07. The quantitative estimate of drug-likeness (QED) is 0.798. The molecule has 0 aliphatic heterocycles. The van der Waals surface area contributed by atoms with E-state index in [4.69, 9.17) is 9.47 Å². The number of methoxy groups -OCH3 is 2. The standard InChI is InChI=1S/C17H23NO2S/c1-4-8-18-16(10-13-7-9-21-12-13)15-6-5-14(19-2)11-17(15)20-3/h5-7,9,11-12,16,18H,4,8,10H2,1-3H3. The van der Waals surface area contributed by atoms with E-state index < -0.39 is 0 Å². The second-order valence-electron chi connectivity index (χ2n) is 4.95. The van der Waals surface area contributed by atoms with Crippen molar-refractivity contribution in [3.63, 3.8) is 0 Å². The van der Waals surface area contributed by atoms with Crippen LogP contribution in [0, 0.1) is 0 Å². The lowest BCUT2D eigenvalue weighted by Crippen LogP contribution is -2.24. The SMILES string of the molecule is CCCNC(Cc1ccsc1)c1ccc(OC)cc1OC. The van der Waals surface area contributed by atoms with Crippen LogP contribution in [0.15, 0.2) is 35.0 Å². The molecule has 0 spiro atoms. The van der Waals surface area contributed by atoms with Crippen LogP contribution in [0.4, 0.5) is 0 Å². The first-order valence-corrected chi connectivity index (χ1v) is 8.19. The zero-order valence-corrected chi connectivity index (χ0v) is 13.7. The summed E-state index contributed by atoms with van der Waals surface area (Å²) >= 11 is 1.74. The second kappa shape index (κ2) is 8.05. The summed E-state index contributed by atoms with van der Waals surface area (Å²) in [6.45, 7) is 3.17. The van der Waals surface area contributed by atoms with Crippen LogP contribution in [0.5, 0.6) is 11.5 Å². The number of rotatable bonds is 8. The van der Waals surface area contributed by atoms with Gasteiger partial charge >= 0.3 is 0 Å². The summed E-state index contributed by atoms with van der Waals surface area (Å²) in [5.41, 5.74) is 2.53. The fourth-order valence-electron chi connectivity index (χ4n) is 2.36. The maximum atomic E-state index is 5.55. The van der Waals surface area contributed by atoms with Crippen LogP contribution in [-0.2, 0) is 6.42 Å². The Kier molecular flexibility index (Phi) is 6.08. The summed E-state index contributed by atoms with van der Waals surface area (Å²) in [6, 6.07) is 8.47. The molecule has 0 saturated heterocycles.